The fourth-order valence-electron chi connectivity index (χ4n) is 2.26. The van der Waals surface area contributed by atoms with E-state index in [-0.39, 0.29) is 17.9 Å². The Morgan fingerprint density at radius 2 is 2.11 bits per heavy atom. The maximum absolute atomic E-state index is 12.3. The van der Waals surface area contributed by atoms with Crippen molar-refractivity contribution in [3.05, 3.63) is 28.8 Å². The summed E-state index contributed by atoms with van der Waals surface area (Å²) in [7, 11) is 0. The molecule has 0 bridgehead atoms. The van der Waals surface area contributed by atoms with E-state index in [9.17, 15) is 9.59 Å². The molecule has 0 fully saturated rings. The monoisotopic (exact) mass is 266 g/mol. The largest absolute Gasteiger partial charge is 0.341 e. The van der Waals surface area contributed by atoms with Gasteiger partial charge in [-0.15, -0.1) is 0 Å². The first-order valence-electron chi connectivity index (χ1n) is 5.82. The molecule has 4 nitrogen and oxygen atoms in total. The summed E-state index contributed by atoms with van der Waals surface area (Å²) in [6.07, 6.45) is 0. The predicted octanol–water partition coefficient (Wildman–Crippen LogP) is 2.27. The summed E-state index contributed by atoms with van der Waals surface area (Å²) in [5.74, 6) is -0.367. The van der Waals surface area contributed by atoms with Gasteiger partial charge in [-0.2, -0.15) is 0 Å². The third kappa shape index (κ3) is 1.97. The number of halogens is 1. The van der Waals surface area contributed by atoms with Crippen LogP contribution in [0.1, 0.15) is 32.4 Å². The molecule has 1 heterocycles. The third-order valence-electron chi connectivity index (χ3n) is 2.92. The van der Waals surface area contributed by atoms with Gasteiger partial charge in [-0.25, -0.2) is 0 Å². The highest BCUT2D eigenvalue weighted by molar-refractivity contribution is 6.34. The molecule has 1 aromatic carbocycles. The van der Waals surface area contributed by atoms with Crippen LogP contribution in [0.25, 0.3) is 0 Å². The van der Waals surface area contributed by atoms with Gasteiger partial charge >= 0.3 is 0 Å². The van der Waals surface area contributed by atoms with Crippen LogP contribution in [0.3, 0.4) is 0 Å². The molecule has 1 aliphatic heterocycles. The van der Waals surface area contributed by atoms with Crippen LogP contribution < -0.4 is 10.2 Å². The van der Waals surface area contributed by atoms with Crippen molar-refractivity contribution in [3.8, 4) is 0 Å². The summed E-state index contributed by atoms with van der Waals surface area (Å²) in [5, 5.41) is 3.20. The smallest absolute Gasteiger partial charge is 0.254 e. The van der Waals surface area contributed by atoms with Gasteiger partial charge in [-0.3, -0.25) is 9.59 Å². The molecule has 1 unspecified atom stereocenters. The van der Waals surface area contributed by atoms with Crippen molar-refractivity contribution in [2.45, 2.75) is 32.9 Å². The number of nitrogens with zero attached hydrogens (tertiary/aromatic N) is 1. The van der Waals surface area contributed by atoms with Gasteiger partial charge < -0.3 is 10.2 Å². The van der Waals surface area contributed by atoms with Crippen LogP contribution in [0.4, 0.5) is 5.69 Å². The van der Waals surface area contributed by atoms with E-state index in [4.69, 9.17) is 11.6 Å². The van der Waals surface area contributed by atoms with Gasteiger partial charge in [0.15, 0.2) is 0 Å². The number of hydrogen-bond donors (Lipinski definition) is 1. The Kier molecular flexibility index (Phi) is 3.30. The molecular weight excluding hydrogens is 252 g/mol. The highest BCUT2D eigenvalue weighted by Gasteiger charge is 2.40. The first-order valence-corrected chi connectivity index (χ1v) is 6.20. The average Bonchev–Trinajstić information content (AvgIpc) is 2.54. The summed E-state index contributed by atoms with van der Waals surface area (Å²) < 4.78 is 0. The first-order chi connectivity index (χ1) is 8.43. The van der Waals surface area contributed by atoms with E-state index in [0.717, 1.165) is 5.56 Å². The molecule has 0 saturated heterocycles. The van der Waals surface area contributed by atoms with E-state index in [1.165, 1.54) is 6.92 Å². The molecule has 2 rings (SSSR count). The lowest BCUT2D eigenvalue weighted by Crippen LogP contribution is -2.40. The van der Waals surface area contributed by atoms with Crippen molar-refractivity contribution in [1.82, 2.24) is 5.32 Å². The summed E-state index contributed by atoms with van der Waals surface area (Å²) in [6.45, 7) is 5.23. The summed E-state index contributed by atoms with van der Waals surface area (Å²) >= 11 is 6.17. The second-order valence-electron chi connectivity index (χ2n) is 4.61. The number of hydrogen-bond acceptors (Lipinski definition) is 2. The Morgan fingerprint density at radius 1 is 1.44 bits per heavy atom. The molecule has 0 saturated carbocycles. The summed E-state index contributed by atoms with van der Waals surface area (Å²) in [4.78, 5) is 25.2. The molecule has 1 aliphatic rings. The zero-order chi connectivity index (χ0) is 13.4. The highest BCUT2D eigenvalue weighted by Crippen LogP contribution is 2.41. The molecule has 18 heavy (non-hydrogen) atoms. The number of para-hydroxylation sites is 1. The lowest BCUT2D eigenvalue weighted by molar-refractivity contribution is -0.126. The van der Waals surface area contributed by atoms with Crippen LogP contribution in [-0.2, 0) is 9.59 Å². The third-order valence-corrected chi connectivity index (χ3v) is 3.22. The van der Waals surface area contributed by atoms with Gasteiger partial charge in [-0.1, -0.05) is 23.7 Å². The van der Waals surface area contributed by atoms with Crippen LogP contribution in [0.5, 0.6) is 0 Å². The minimum absolute atomic E-state index is 0.00471. The fraction of sp³-hybridized carbons (Fsp3) is 0.385. The number of carbonyl (C=O) groups excluding carboxylic acids is 2. The fourth-order valence-corrected chi connectivity index (χ4v) is 2.53. The van der Waals surface area contributed by atoms with Gasteiger partial charge in [0, 0.05) is 18.5 Å². The van der Waals surface area contributed by atoms with E-state index in [2.05, 4.69) is 5.32 Å². The second-order valence-corrected chi connectivity index (χ2v) is 5.02. The lowest BCUT2D eigenvalue weighted by atomic mass is 10.1. The van der Waals surface area contributed by atoms with Crippen molar-refractivity contribution in [3.63, 3.8) is 0 Å². The predicted molar refractivity (Wildman–Crippen MR) is 70.6 cm³/mol. The summed E-state index contributed by atoms with van der Waals surface area (Å²) in [6, 6.07) is 4.72. The Labute approximate surface area is 111 Å². The number of nitrogens with one attached hydrogen (secondary N) is 1. The number of amides is 2. The first kappa shape index (κ1) is 12.9. The van der Waals surface area contributed by atoms with Crippen molar-refractivity contribution in [2.75, 3.05) is 4.90 Å². The molecule has 96 valence electrons. The van der Waals surface area contributed by atoms with Gasteiger partial charge in [0.25, 0.3) is 5.91 Å². The molecule has 2 amide bonds. The normalized spacial score (nSPS) is 18.2. The minimum atomic E-state index is -0.626. The Hall–Kier alpha value is -1.55. The molecule has 1 atom stereocenters. The molecule has 1 N–H and O–H groups in total. The van der Waals surface area contributed by atoms with Crippen LogP contribution >= 0.6 is 11.6 Å². The number of anilines is 1. The van der Waals surface area contributed by atoms with Gasteiger partial charge in [0.1, 0.15) is 6.04 Å². The standard InChI is InChI=1S/C13H15ClN2O2/c1-7(2)16-12-9(5-4-6-10(12)14)11(13(16)18)15-8(3)17/h4-7,11H,1-3H3,(H,15,17). The van der Waals surface area contributed by atoms with Crippen LogP contribution in [0.2, 0.25) is 5.02 Å². The molecule has 0 aromatic heterocycles. The zero-order valence-corrected chi connectivity index (χ0v) is 11.3. The molecular formula is C13H15ClN2O2. The number of fused-ring (bicyclic) bond motifs is 1. The van der Waals surface area contributed by atoms with Crippen molar-refractivity contribution < 1.29 is 9.59 Å². The molecule has 0 spiro atoms. The zero-order valence-electron chi connectivity index (χ0n) is 10.5. The second kappa shape index (κ2) is 4.61. The van der Waals surface area contributed by atoms with Crippen molar-refractivity contribution >= 4 is 29.1 Å². The lowest BCUT2D eigenvalue weighted by Gasteiger charge is -2.23. The number of benzene rings is 1. The molecule has 1 aromatic rings. The van der Waals surface area contributed by atoms with Crippen LogP contribution in [0.15, 0.2) is 18.2 Å². The van der Waals surface area contributed by atoms with E-state index >= 15 is 0 Å². The molecule has 0 aliphatic carbocycles. The van der Waals surface area contributed by atoms with Gasteiger partial charge in [0.05, 0.1) is 10.7 Å². The number of rotatable bonds is 2. The Morgan fingerprint density at radius 3 is 2.67 bits per heavy atom. The molecule has 0 radical (unpaired) electrons. The van der Waals surface area contributed by atoms with Gasteiger partial charge in [0.2, 0.25) is 5.91 Å². The highest BCUT2D eigenvalue weighted by atomic mass is 35.5. The van der Waals surface area contributed by atoms with E-state index < -0.39 is 6.04 Å². The van der Waals surface area contributed by atoms with Crippen molar-refractivity contribution in [2.24, 2.45) is 0 Å². The quantitative estimate of drug-likeness (QED) is 0.893. The SMILES string of the molecule is CC(=O)NC1C(=O)N(C(C)C)c2c(Cl)cccc21. The van der Waals surface area contributed by atoms with Crippen molar-refractivity contribution in [1.29, 1.82) is 0 Å². The summed E-state index contributed by atoms with van der Waals surface area (Å²) in [5.41, 5.74) is 1.47. The maximum atomic E-state index is 12.3. The van der Waals surface area contributed by atoms with E-state index in [1.54, 1.807) is 17.0 Å². The molecule has 5 heteroatoms. The Bertz CT molecular complexity index is 514. The number of carbonyl (C=O) groups is 2. The topological polar surface area (TPSA) is 49.4 Å². The Balaban J connectivity index is 2.54. The maximum Gasteiger partial charge on any atom is 0.254 e. The van der Waals surface area contributed by atoms with Gasteiger partial charge in [-0.05, 0) is 19.9 Å². The minimum Gasteiger partial charge on any atom is -0.341 e. The van der Waals surface area contributed by atoms with Crippen LogP contribution in [-0.4, -0.2) is 17.9 Å². The van der Waals surface area contributed by atoms with E-state index in [0.29, 0.717) is 10.7 Å². The van der Waals surface area contributed by atoms with E-state index in [1.807, 2.05) is 19.9 Å². The van der Waals surface area contributed by atoms with Crippen LogP contribution in [0, 0.1) is 0 Å². The average molecular weight is 267 g/mol.